The van der Waals surface area contributed by atoms with Gasteiger partial charge in [-0.15, -0.1) is 0 Å². The van der Waals surface area contributed by atoms with Gasteiger partial charge in [-0.05, 0) is 56.3 Å². The van der Waals surface area contributed by atoms with Crippen molar-refractivity contribution in [2.45, 2.75) is 32.2 Å². The molecule has 0 saturated heterocycles. The lowest BCUT2D eigenvalue weighted by molar-refractivity contribution is 0.190. The fourth-order valence-electron chi connectivity index (χ4n) is 3.07. The Kier molecular flexibility index (Phi) is 5.26. The van der Waals surface area contributed by atoms with Crippen LogP contribution in [0.4, 0.5) is 0 Å². The molecular weight excluding hydrogens is 254 g/mol. The lowest BCUT2D eigenvalue weighted by Gasteiger charge is -2.22. The summed E-state index contributed by atoms with van der Waals surface area (Å²) >= 11 is 0. The summed E-state index contributed by atoms with van der Waals surface area (Å²) in [7, 11) is 1.62. The van der Waals surface area contributed by atoms with Crippen molar-refractivity contribution in [3.63, 3.8) is 0 Å². The molecule has 0 aromatic heterocycles. The Morgan fingerprint density at radius 2 is 2.10 bits per heavy atom. The number of rotatable bonds is 6. The van der Waals surface area contributed by atoms with E-state index in [1.165, 1.54) is 12.8 Å². The monoisotopic (exact) mass is 279 g/mol. The minimum absolute atomic E-state index is 0.0602. The predicted molar refractivity (Wildman–Crippen MR) is 79.0 cm³/mol. The number of ether oxygens (including phenoxy) is 1. The van der Waals surface area contributed by atoms with Crippen molar-refractivity contribution >= 4 is 0 Å². The molecule has 1 aromatic carbocycles. The topological polar surface area (TPSA) is 61.7 Å². The molecule has 0 bridgehead atoms. The number of methoxy groups -OCH3 is 1. The highest BCUT2D eigenvalue weighted by atomic mass is 16.5. The second kappa shape index (κ2) is 6.95. The maximum Gasteiger partial charge on any atom is 0.120 e. The molecule has 20 heavy (non-hydrogen) atoms. The Labute approximate surface area is 120 Å². The van der Waals surface area contributed by atoms with E-state index in [-0.39, 0.29) is 18.4 Å². The molecule has 1 aliphatic rings. The van der Waals surface area contributed by atoms with Crippen LogP contribution < -0.4 is 10.1 Å². The second-order valence-electron chi connectivity index (χ2n) is 5.69. The normalized spacial score (nSPS) is 23.8. The van der Waals surface area contributed by atoms with E-state index in [4.69, 9.17) is 4.74 Å². The van der Waals surface area contributed by atoms with Crippen LogP contribution in [0, 0.1) is 11.8 Å². The molecule has 0 radical (unpaired) electrons. The Hall–Kier alpha value is -1.26. The third kappa shape index (κ3) is 3.44. The van der Waals surface area contributed by atoms with Crippen LogP contribution in [0.2, 0.25) is 0 Å². The predicted octanol–water partition coefficient (Wildman–Crippen LogP) is 2.46. The molecule has 0 amide bonds. The lowest BCUT2D eigenvalue weighted by Crippen LogP contribution is -2.28. The lowest BCUT2D eigenvalue weighted by atomic mass is 9.96. The smallest absolute Gasteiger partial charge is 0.120 e. The molecular formula is C16H25NO3. The Morgan fingerprint density at radius 1 is 1.35 bits per heavy atom. The van der Waals surface area contributed by atoms with Crippen LogP contribution in [-0.4, -0.2) is 30.5 Å². The summed E-state index contributed by atoms with van der Waals surface area (Å²) in [6.07, 6.45) is 3.51. The van der Waals surface area contributed by atoms with Crippen molar-refractivity contribution in [3.8, 4) is 11.5 Å². The maximum atomic E-state index is 9.96. The van der Waals surface area contributed by atoms with Gasteiger partial charge in [0.1, 0.15) is 11.5 Å². The summed E-state index contributed by atoms with van der Waals surface area (Å²) < 4.78 is 5.20. The van der Waals surface area contributed by atoms with E-state index in [9.17, 15) is 10.2 Å². The standard InChI is InChI=1S/C16H25NO3/c1-11(15-8-14(20-2)6-7-16(15)19)17-9-12-4-3-5-13(12)10-18/h6-8,11-13,17-19H,3-5,9-10H2,1-2H3. The van der Waals surface area contributed by atoms with Gasteiger partial charge in [0.05, 0.1) is 7.11 Å². The van der Waals surface area contributed by atoms with Gasteiger partial charge in [-0.1, -0.05) is 6.42 Å². The number of hydrogen-bond acceptors (Lipinski definition) is 4. The summed E-state index contributed by atoms with van der Waals surface area (Å²) in [4.78, 5) is 0. The van der Waals surface area contributed by atoms with E-state index in [0.29, 0.717) is 11.8 Å². The first kappa shape index (κ1) is 15.1. The zero-order valence-electron chi connectivity index (χ0n) is 12.3. The number of aromatic hydroxyl groups is 1. The van der Waals surface area contributed by atoms with Crippen LogP contribution in [0.3, 0.4) is 0 Å². The minimum Gasteiger partial charge on any atom is -0.508 e. The molecule has 3 atom stereocenters. The van der Waals surface area contributed by atoms with Crippen molar-refractivity contribution in [2.75, 3.05) is 20.3 Å². The van der Waals surface area contributed by atoms with Crippen LogP contribution in [-0.2, 0) is 0 Å². The SMILES string of the molecule is COc1ccc(O)c(C(C)NCC2CCCC2CO)c1. The fraction of sp³-hybridized carbons (Fsp3) is 0.625. The van der Waals surface area contributed by atoms with E-state index >= 15 is 0 Å². The van der Waals surface area contributed by atoms with Crippen LogP contribution in [0.15, 0.2) is 18.2 Å². The quantitative estimate of drug-likeness (QED) is 0.748. The third-order valence-corrected chi connectivity index (χ3v) is 4.44. The first-order chi connectivity index (χ1) is 9.65. The molecule has 1 aliphatic carbocycles. The molecule has 4 nitrogen and oxygen atoms in total. The number of phenolic OH excluding ortho intramolecular Hbond substituents is 1. The van der Waals surface area contributed by atoms with Crippen molar-refractivity contribution in [2.24, 2.45) is 11.8 Å². The highest BCUT2D eigenvalue weighted by Gasteiger charge is 2.26. The molecule has 1 aromatic rings. The number of aliphatic hydroxyl groups is 1. The first-order valence-electron chi connectivity index (χ1n) is 7.36. The van der Waals surface area contributed by atoms with Crippen LogP contribution in [0.5, 0.6) is 11.5 Å². The molecule has 0 aliphatic heterocycles. The second-order valence-corrected chi connectivity index (χ2v) is 5.69. The fourth-order valence-corrected chi connectivity index (χ4v) is 3.07. The van der Waals surface area contributed by atoms with E-state index in [1.54, 1.807) is 19.2 Å². The molecule has 112 valence electrons. The van der Waals surface area contributed by atoms with Crippen LogP contribution in [0.25, 0.3) is 0 Å². The van der Waals surface area contributed by atoms with Crippen molar-refractivity contribution in [1.29, 1.82) is 0 Å². The molecule has 0 heterocycles. The average molecular weight is 279 g/mol. The number of nitrogens with one attached hydrogen (secondary N) is 1. The Morgan fingerprint density at radius 3 is 2.80 bits per heavy atom. The van der Waals surface area contributed by atoms with Gasteiger partial charge < -0.3 is 20.3 Å². The first-order valence-corrected chi connectivity index (χ1v) is 7.36. The van der Waals surface area contributed by atoms with E-state index in [2.05, 4.69) is 5.32 Å². The van der Waals surface area contributed by atoms with Gasteiger partial charge in [-0.2, -0.15) is 0 Å². The summed E-state index contributed by atoms with van der Waals surface area (Å²) in [6.45, 7) is 3.20. The highest BCUT2D eigenvalue weighted by molar-refractivity contribution is 5.41. The summed E-state index contributed by atoms with van der Waals surface area (Å²) in [6, 6.07) is 5.35. The molecule has 4 heteroatoms. The van der Waals surface area contributed by atoms with Crippen molar-refractivity contribution in [1.82, 2.24) is 5.32 Å². The Balaban J connectivity index is 1.96. The molecule has 3 N–H and O–H groups in total. The van der Waals surface area contributed by atoms with Gasteiger partial charge >= 0.3 is 0 Å². The van der Waals surface area contributed by atoms with E-state index in [0.717, 1.165) is 24.3 Å². The van der Waals surface area contributed by atoms with Gasteiger partial charge in [0, 0.05) is 18.2 Å². The van der Waals surface area contributed by atoms with Crippen LogP contribution >= 0.6 is 0 Å². The molecule has 1 saturated carbocycles. The van der Waals surface area contributed by atoms with Gasteiger partial charge in [-0.3, -0.25) is 0 Å². The number of hydrogen-bond donors (Lipinski definition) is 3. The third-order valence-electron chi connectivity index (χ3n) is 4.44. The molecule has 2 rings (SSSR count). The maximum absolute atomic E-state index is 9.96. The molecule has 3 unspecified atom stereocenters. The van der Waals surface area contributed by atoms with Crippen LogP contribution in [0.1, 0.15) is 37.8 Å². The largest absolute Gasteiger partial charge is 0.508 e. The van der Waals surface area contributed by atoms with E-state index < -0.39 is 0 Å². The van der Waals surface area contributed by atoms with Gasteiger partial charge in [0.2, 0.25) is 0 Å². The Bertz CT molecular complexity index is 436. The number of benzene rings is 1. The summed E-state index contributed by atoms with van der Waals surface area (Å²) in [5.41, 5.74) is 0.850. The molecule has 1 fully saturated rings. The van der Waals surface area contributed by atoms with Gasteiger partial charge in [0.15, 0.2) is 0 Å². The van der Waals surface area contributed by atoms with Crippen molar-refractivity contribution < 1.29 is 14.9 Å². The zero-order valence-corrected chi connectivity index (χ0v) is 12.3. The summed E-state index contributed by atoms with van der Waals surface area (Å²) in [5, 5.41) is 22.8. The number of phenols is 1. The highest BCUT2D eigenvalue weighted by Crippen LogP contribution is 2.32. The van der Waals surface area contributed by atoms with Gasteiger partial charge in [0.25, 0.3) is 0 Å². The van der Waals surface area contributed by atoms with E-state index in [1.807, 2.05) is 13.0 Å². The number of aliphatic hydroxyl groups excluding tert-OH is 1. The molecule has 0 spiro atoms. The minimum atomic E-state index is 0.0602. The average Bonchev–Trinajstić information content (AvgIpc) is 2.92. The van der Waals surface area contributed by atoms with Crippen molar-refractivity contribution in [3.05, 3.63) is 23.8 Å². The summed E-state index contributed by atoms with van der Waals surface area (Å²) in [5.74, 6) is 2.00. The zero-order chi connectivity index (χ0) is 14.5. The van der Waals surface area contributed by atoms with Gasteiger partial charge in [-0.25, -0.2) is 0 Å².